The van der Waals surface area contributed by atoms with Crippen molar-refractivity contribution in [3.05, 3.63) is 57.8 Å². The van der Waals surface area contributed by atoms with Crippen LogP contribution in [0.15, 0.2) is 29.2 Å². The summed E-state index contributed by atoms with van der Waals surface area (Å²) in [5.41, 5.74) is 6.19. The summed E-state index contributed by atoms with van der Waals surface area (Å²) in [5.74, 6) is -0.110. The van der Waals surface area contributed by atoms with Crippen molar-refractivity contribution in [1.29, 1.82) is 0 Å². The molecule has 0 N–H and O–H groups in total. The van der Waals surface area contributed by atoms with Crippen LogP contribution in [0.1, 0.15) is 45.2 Å². The monoisotopic (exact) mass is 496 g/mol. The Kier molecular flexibility index (Phi) is 6.83. The molecule has 0 saturated carbocycles. The van der Waals surface area contributed by atoms with Crippen LogP contribution in [0.4, 0.5) is 5.82 Å². The summed E-state index contributed by atoms with van der Waals surface area (Å²) in [6.07, 6.45) is 0. The molecule has 1 aromatic heterocycles. The van der Waals surface area contributed by atoms with E-state index >= 15 is 0 Å². The van der Waals surface area contributed by atoms with Gasteiger partial charge in [-0.3, -0.25) is 0 Å². The Labute approximate surface area is 207 Å². The zero-order chi connectivity index (χ0) is 25.5. The second kappa shape index (κ2) is 9.54. The van der Waals surface area contributed by atoms with Crippen molar-refractivity contribution in [1.82, 2.24) is 14.3 Å². The molecule has 1 aliphatic rings. The Morgan fingerprint density at radius 3 is 1.91 bits per heavy atom. The van der Waals surface area contributed by atoms with Gasteiger partial charge in [0, 0.05) is 26.2 Å². The van der Waals surface area contributed by atoms with E-state index in [1.54, 1.807) is 13.0 Å². The maximum Gasteiger partial charge on any atom is 0.360 e. The van der Waals surface area contributed by atoms with Crippen LogP contribution in [0.3, 0.4) is 0 Å². The topological polar surface area (TPSA) is 92.7 Å². The molecule has 0 aliphatic carbocycles. The average molecular weight is 497 g/mol. The zero-order valence-corrected chi connectivity index (χ0v) is 22.0. The highest BCUT2D eigenvalue weighted by molar-refractivity contribution is 7.89. The molecular weight excluding hydrogens is 464 g/mol. The van der Waals surface area contributed by atoms with Crippen molar-refractivity contribution in [2.75, 3.05) is 37.7 Å². The highest BCUT2D eigenvalue weighted by atomic mass is 32.2. The molecule has 4 rings (SSSR count). The third-order valence-corrected chi connectivity index (χ3v) is 9.26. The predicted octanol–water partition coefficient (Wildman–Crippen LogP) is 3.86. The van der Waals surface area contributed by atoms with E-state index in [4.69, 9.17) is 9.72 Å². The number of esters is 1. The number of para-hydroxylation sites is 2. The number of nitrogens with zero attached hydrogens (tertiary/aromatic N) is 4. The van der Waals surface area contributed by atoms with Crippen molar-refractivity contribution in [2.45, 2.75) is 46.4 Å². The van der Waals surface area contributed by atoms with Gasteiger partial charge in [-0.25, -0.2) is 23.2 Å². The van der Waals surface area contributed by atoms with Gasteiger partial charge in [0.05, 0.1) is 22.5 Å². The van der Waals surface area contributed by atoms with Crippen LogP contribution in [0.2, 0.25) is 0 Å². The van der Waals surface area contributed by atoms with Crippen LogP contribution in [0.25, 0.3) is 11.0 Å². The molecule has 0 amide bonds. The van der Waals surface area contributed by atoms with Crippen LogP contribution < -0.4 is 4.90 Å². The lowest BCUT2D eigenvalue weighted by molar-refractivity contribution is 0.0520. The molecule has 2 aromatic carbocycles. The fourth-order valence-electron chi connectivity index (χ4n) is 4.67. The van der Waals surface area contributed by atoms with E-state index in [2.05, 4.69) is 4.98 Å². The minimum Gasteiger partial charge on any atom is -0.461 e. The smallest absolute Gasteiger partial charge is 0.360 e. The van der Waals surface area contributed by atoms with E-state index in [1.807, 2.05) is 57.7 Å². The zero-order valence-electron chi connectivity index (χ0n) is 21.2. The highest BCUT2D eigenvalue weighted by Crippen LogP contribution is 2.32. The van der Waals surface area contributed by atoms with Crippen molar-refractivity contribution >= 4 is 32.8 Å². The minimum absolute atomic E-state index is 0.151. The Morgan fingerprint density at radius 1 is 0.857 bits per heavy atom. The van der Waals surface area contributed by atoms with E-state index in [0.717, 1.165) is 27.8 Å². The molecule has 0 bridgehead atoms. The third-order valence-electron chi connectivity index (χ3n) is 7.09. The number of carbonyl (C=O) groups excluding carboxylic acids is 1. The number of aromatic nitrogens is 2. The van der Waals surface area contributed by atoms with Crippen molar-refractivity contribution in [3.8, 4) is 0 Å². The predicted molar refractivity (Wildman–Crippen MR) is 137 cm³/mol. The first kappa shape index (κ1) is 25.1. The fourth-order valence-corrected chi connectivity index (χ4v) is 6.65. The average Bonchev–Trinajstić information content (AvgIpc) is 2.85. The molecule has 8 nitrogen and oxygen atoms in total. The number of rotatable bonds is 5. The summed E-state index contributed by atoms with van der Waals surface area (Å²) < 4.78 is 34.2. The number of benzene rings is 2. The lowest BCUT2D eigenvalue weighted by atomic mass is 9.95. The Balaban J connectivity index is 1.66. The second-order valence-electron chi connectivity index (χ2n) is 8.95. The molecular formula is C26H32N4O4S. The Morgan fingerprint density at radius 2 is 1.37 bits per heavy atom. The lowest BCUT2D eigenvalue weighted by Gasteiger charge is -2.36. The Hall–Kier alpha value is -3.04. The van der Waals surface area contributed by atoms with E-state index in [-0.39, 0.29) is 25.4 Å². The van der Waals surface area contributed by atoms with Crippen molar-refractivity contribution in [2.24, 2.45) is 0 Å². The molecule has 9 heteroatoms. The summed E-state index contributed by atoms with van der Waals surface area (Å²) in [4.78, 5) is 24.2. The number of fused-ring (bicyclic) bond motifs is 1. The lowest BCUT2D eigenvalue weighted by Crippen LogP contribution is -2.49. The molecule has 0 atom stereocenters. The molecule has 186 valence electrons. The number of carbonyl (C=O) groups is 1. The number of hydrogen-bond acceptors (Lipinski definition) is 7. The number of anilines is 1. The van der Waals surface area contributed by atoms with E-state index in [9.17, 15) is 13.2 Å². The van der Waals surface area contributed by atoms with Crippen LogP contribution in [-0.4, -0.2) is 61.4 Å². The van der Waals surface area contributed by atoms with Gasteiger partial charge in [0.15, 0.2) is 11.5 Å². The molecule has 35 heavy (non-hydrogen) atoms. The van der Waals surface area contributed by atoms with E-state index in [1.165, 1.54) is 4.31 Å². The first-order valence-electron chi connectivity index (χ1n) is 11.8. The number of ether oxygens (including phenoxy) is 1. The maximum absolute atomic E-state index is 13.7. The normalized spacial score (nSPS) is 15.0. The summed E-state index contributed by atoms with van der Waals surface area (Å²) in [6, 6.07) is 7.35. The number of hydrogen-bond donors (Lipinski definition) is 0. The molecule has 0 spiro atoms. The molecule has 1 aliphatic heterocycles. The van der Waals surface area contributed by atoms with Gasteiger partial charge in [0.1, 0.15) is 0 Å². The third kappa shape index (κ3) is 4.38. The second-order valence-corrected chi connectivity index (χ2v) is 10.8. The van der Waals surface area contributed by atoms with E-state index in [0.29, 0.717) is 34.8 Å². The molecule has 1 fully saturated rings. The molecule has 0 radical (unpaired) electrons. The quantitative estimate of drug-likeness (QED) is 0.495. The van der Waals surface area contributed by atoms with Crippen LogP contribution in [0, 0.1) is 34.6 Å². The largest absolute Gasteiger partial charge is 0.461 e. The van der Waals surface area contributed by atoms with Crippen molar-refractivity contribution < 1.29 is 17.9 Å². The molecule has 2 heterocycles. The number of piperazine rings is 1. The maximum atomic E-state index is 13.7. The SMILES string of the molecule is CCOC(=O)c1nc2ccccc2nc1N1CCN(S(=O)(=O)c2c(C)c(C)c(C)c(C)c2C)CC1. The minimum atomic E-state index is -3.68. The first-order chi connectivity index (χ1) is 16.6. The van der Waals surface area contributed by atoms with Gasteiger partial charge in [0.2, 0.25) is 10.0 Å². The number of sulfonamides is 1. The van der Waals surface area contributed by atoms with Gasteiger partial charge < -0.3 is 9.64 Å². The van der Waals surface area contributed by atoms with Gasteiger partial charge in [-0.05, 0) is 81.5 Å². The van der Waals surface area contributed by atoms with Crippen LogP contribution >= 0.6 is 0 Å². The highest BCUT2D eigenvalue weighted by Gasteiger charge is 2.34. The fraction of sp³-hybridized carbons (Fsp3) is 0.423. The first-order valence-corrected chi connectivity index (χ1v) is 13.3. The summed E-state index contributed by atoms with van der Waals surface area (Å²) in [5, 5.41) is 0. The van der Waals surface area contributed by atoms with Crippen LogP contribution in [0.5, 0.6) is 0 Å². The van der Waals surface area contributed by atoms with Gasteiger partial charge in [-0.2, -0.15) is 4.31 Å². The van der Waals surface area contributed by atoms with Gasteiger partial charge in [-0.15, -0.1) is 0 Å². The van der Waals surface area contributed by atoms with E-state index < -0.39 is 16.0 Å². The molecule has 0 unspecified atom stereocenters. The van der Waals surface area contributed by atoms with Gasteiger partial charge >= 0.3 is 5.97 Å². The summed E-state index contributed by atoms with van der Waals surface area (Å²) >= 11 is 0. The van der Waals surface area contributed by atoms with Gasteiger partial charge in [-0.1, -0.05) is 12.1 Å². The van der Waals surface area contributed by atoms with Crippen LogP contribution in [-0.2, 0) is 14.8 Å². The Bertz CT molecular complexity index is 1380. The molecule has 1 saturated heterocycles. The summed E-state index contributed by atoms with van der Waals surface area (Å²) in [7, 11) is -3.68. The van der Waals surface area contributed by atoms with Crippen molar-refractivity contribution in [3.63, 3.8) is 0 Å². The van der Waals surface area contributed by atoms with Gasteiger partial charge in [0.25, 0.3) is 0 Å². The molecule has 3 aromatic rings. The standard InChI is InChI=1S/C26H32N4O4S/c1-7-34-26(31)23-25(28-22-11-9-8-10-21(22)27-23)29-12-14-30(15-13-29)35(32,33)24-19(5)17(3)16(2)18(4)20(24)6/h8-11H,7,12-15H2,1-6H3. The summed E-state index contributed by atoms with van der Waals surface area (Å²) in [6.45, 7) is 13.1.